The van der Waals surface area contributed by atoms with Gasteiger partial charge in [0.05, 0.1) is 13.2 Å². The summed E-state index contributed by atoms with van der Waals surface area (Å²) in [7, 11) is 0. The number of carbonyl (C=O) groups is 1. The molecule has 0 saturated heterocycles. The van der Waals surface area contributed by atoms with Crippen LogP contribution < -0.4 is 14.8 Å². The maximum atomic E-state index is 13.1. The van der Waals surface area contributed by atoms with Crippen molar-refractivity contribution in [2.45, 2.75) is 34.2 Å². The Bertz CT molecular complexity index is 963. The number of aryl methyl sites for hydroxylation is 2. The van der Waals surface area contributed by atoms with E-state index >= 15 is 0 Å². The van der Waals surface area contributed by atoms with Gasteiger partial charge in [-0.25, -0.2) is 4.98 Å². The Balaban J connectivity index is 2.03. The molecule has 1 aromatic carbocycles. The molecule has 0 aliphatic heterocycles. The topological polar surface area (TPSA) is 65.4 Å². The lowest BCUT2D eigenvalue weighted by Crippen LogP contribution is -2.19. The normalized spacial score (nSPS) is 10.8. The van der Waals surface area contributed by atoms with Gasteiger partial charge in [-0.15, -0.1) is 0 Å². The Hall–Kier alpha value is -3.02. The van der Waals surface area contributed by atoms with Gasteiger partial charge in [-0.1, -0.05) is 0 Å². The van der Waals surface area contributed by atoms with Crippen molar-refractivity contribution in [2.24, 2.45) is 0 Å². The second kappa shape index (κ2) is 8.12. The molecule has 6 heteroatoms. The Labute approximate surface area is 159 Å². The fourth-order valence-electron chi connectivity index (χ4n) is 3.30. The zero-order valence-electron chi connectivity index (χ0n) is 16.2. The number of anilines is 1. The highest BCUT2D eigenvalue weighted by Gasteiger charge is 2.21. The van der Waals surface area contributed by atoms with Gasteiger partial charge < -0.3 is 19.4 Å². The summed E-state index contributed by atoms with van der Waals surface area (Å²) >= 11 is 0. The smallest absolute Gasteiger partial charge is 0.273 e. The van der Waals surface area contributed by atoms with E-state index in [9.17, 15) is 4.79 Å². The first-order chi connectivity index (χ1) is 13.1. The van der Waals surface area contributed by atoms with E-state index in [4.69, 9.17) is 9.47 Å². The van der Waals surface area contributed by atoms with E-state index in [1.54, 1.807) is 18.3 Å². The van der Waals surface area contributed by atoms with E-state index in [1.807, 2.05) is 50.5 Å². The number of amides is 1. The predicted molar refractivity (Wildman–Crippen MR) is 107 cm³/mol. The van der Waals surface area contributed by atoms with Gasteiger partial charge in [0.2, 0.25) is 0 Å². The van der Waals surface area contributed by atoms with E-state index in [2.05, 4.69) is 10.3 Å². The molecule has 0 atom stereocenters. The summed E-state index contributed by atoms with van der Waals surface area (Å²) < 4.78 is 13.2. The van der Waals surface area contributed by atoms with Crippen LogP contribution in [0.3, 0.4) is 0 Å². The number of benzene rings is 1. The summed E-state index contributed by atoms with van der Waals surface area (Å²) in [5.41, 5.74) is 2.55. The van der Waals surface area contributed by atoms with E-state index in [0.29, 0.717) is 37.0 Å². The molecule has 6 nitrogen and oxygen atoms in total. The van der Waals surface area contributed by atoms with Crippen LogP contribution in [0.15, 0.2) is 36.5 Å². The van der Waals surface area contributed by atoms with Crippen LogP contribution in [0.4, 0.5) is 5.82 Å². The first kappa shape index (κ1) is 18.8. The molecule has 0 unspecified atom stereocenters. The molecule has 0 spiro atoms. The number of rotatable bonds is 7. The van der Waals surface area contributed by atoms with Gasteiger partial charge in [-0.2, -0.15) is 0 Å². The summed E-state index contributed by atoms with van der Waals surface area (Å²) in [5, 5.41) is 3.91. The third-order valence-electron chi connectivity index (χ3n) is 4.43. The molecule has 2 heterocycles. The number of fused-ring (bicyclic) bond motifs is 1. The van der Waals surface area contributed by atoms with Gasteiger partial charge in [0.25, 0.3) is 5.91 Å². The van der Waals surface area contributed by atoms with Gasteiger partial charge in [0.1, 0.15) is 11.4 Å². The van der Waals surface area contributed by atoms with Crippen LogP contribution in [-0.4, -0.2) is 28.7 Å². The molecule has 3 rings (SSSR count). The van der Waals surface area contributed by atoms with Crippen LogP contribution in [0.5, 0.6) is 11.5 Å². The van der Waals surface area contributed by atoms with Crippen LogP contribution in [-0.2, 0) is 6.54 Å². The summed E-state index contributed by atoms with van der Waals surface area (Å²) in [4.78, 5) is 17.3. The maximum absolute atomic E-state index is 13.1. The van der Waals surface area contributed by atoms with Crippen molar-refractivity contribution in [3.63, 3.8) is 0 Å². The van der Waals surface area contributed by atoms with Crippen LogP contribution >= 0.6 is 0 Å². The lowest BCUT2D eigenvalue weighted by Gasteiger charge is -2.12. The molecule has 142 valence electrons. The molecule has 1 amide bonds. The molecule has 1 N–H and O–H groups in total. The third-order valence-corrected chi connectivity index (χ3v) is 4.43. The molecule has 0 fully saturated rings. The van der Waals surface area contributed by atoms with E-state index in [0.717, 1.165) is 22.2 Å². The first-order valence-electron chi connectivity index (χ1n) is 9.25. The minimum atomic E-state index is -0.205. The first-order valence-corrected chi connectivity index (χ1v) is 9.25. The zero-order chi connectivity index (χ0) is 19.4. The predicted octanol–water partition coefficient (Wildman–Crippen LogP) is 4.41. The average molecular weight is 367 g/mol. The largest absolute Gasteiger partial charge is 0.494 e. The van der Waals surface area contributed by atoms with Crippen LogP contribution in [0.25, 0.3) is 10.9 Å². The van der Waals surface area contributed by atoms with Gasteiger partial charge in [0.15, 0.2) is 11.6 Å². The van der Waals surface area contributed by atoms with Gasteiger partial charge in [-0.3, -0.25) is 4.79 Å². The number of nitrogens with zero attached hydrogens (tertiary/aromatic N) is 2. The molecule has 3 aromatic rings. The van der Waals surface area contributed by atoms with Crippen molar-refractivity contribution in [1.82, 2.24) is 9.55 Å². The lowest BCUT2D eigenvalue weighted by atomic mass is 10.1. The number of hydrogen-bond acceptors (Lipinski definition) is 4. The van der Waals surface area contributed by atoms with Crippen molar-refractivity contribution >= 4 is 22.6 Å². The Morgan fingerprint density at radius 3 is 2.63 bits per heavy atom. The monoisotopic (exact) mass is 367 g/mol. The fourth-order valence-corrected chi connectivity index (χ4v) is 3.30. The quantitative estimate of drug-likeness (QED) is 0.671. The van der Waals surface area contributed by atoms with Crippen molar-refractivity contribution in [3.05, 3.63) is 47.8 Å². The van der Waals surface area contributed by atoms with Crippen molar-refractivity contribution in [3.8, 4) is 11.5 Å². The van der Waals surface area contributed by atoms with Gasteiger partial charge >= 0.3 is 0 Å². The van der Waals surface area contributed by atoms with Crippen molar-refractivity contribution in [2.75, 3.05) is 18.5 Å². The number of nitrogens with one attached hydrogen (secondary N) is 1. The lowest BCUT2D eigenvalue weighted by molar-refractivity contribution is 0.101. The summed E-state index contributed by atoms with van der Waals surface area (Å²) in [6, 6.07) is 9.50. The highest BCUT2D eigenvalue weighted by Crippen LogP contribution is 2.30. The van der Waals surface area contributed by atoms with Gasteiger partial charge in [0, 0.05) is 23.6 Å². The molecule has 0 bridgehead atoms. The minimum Gasteiger partial charge on any atom is -0.494 e. The molecular formula is C21H25N3O3. The summed E-state index contributed by atoms with van der Waals surface area (Å²) in [5.74, 6) is 1.58. The van der Waals surface area contributed by atoms with Crippen molar-refractivity contribution in [1.29, 1.82) is 0 Å². The van der Waals surface area contributed by atoms with Crippen LogP contribution in [0, 0.1) is 6.92 Å². The SMILES string of the molecule is CCOc1ccc2c(c1)c(C)c(C(=O)Nc1ncccc1OCC)n2CC. The van der Waals surface area contributed by atoms with Crippen LogP contribution in [0.1, 0.15) is 36.8 Å². The molecule has 2 aromatic heterocycles. The number of aromatic nitrogens is 2. The highest BCUT2D eigenvalue weighted by atomic mass is 16.5. The van der Waals surface area contributed by atoms with E-state index < -0.39 is 0 Å². The van der Waals surface area contributed by atoms with Crippen LogP contribution in [0.2, 0.25) is 0 Å². The highest BCUT2D eigenvalue weighted by molar-refractivity contribution is 6.08. The van der Waals surface area contributed by atoms with Gasteiger partial charge in [-0.05, 0) is 63.6 Å². The average Bonchev–Trinajstić information content (AvgIpc) is 2.95. The Morgan fingerprint density at radius 2 is 1.93 bits per heavy atom. The second-order valence-electron chi connectivity index (χ2n) is 6.07. The van der Waals surface area contributed by atoms with Crippen molar-refractivity contribution < 1.29 is 14.3 Å². The number of carbonyl (C=O) groups excluding carboxylic acids is 1. The molecule has 0 saturated carbocycles. The standard InChI is InChI=1S/C21H25N3O3/c1-5-24-17-11-10-15(26-6-2)13-16(17)14(4)19(24)21(25)23-20-18(27-7-3)9-8-12-22-20/h8-13H,5-7H2,1-4H3,(H,22,23,25). The fraction of sp³-hybridized carbons (Fsp3) is 0.333. The molecule has 0 aliphatic rings. The van der Waals surface area contributed by atoms with E-state index in [1.165, 1.54) is 0 Å². The molecule has 0 aliphatic carbocycles. The molecule has 0 radical (unpaired) electrons. The molecule has 27 heavy (non-hydrogen) atoms. The van der Waals surface area contributed by atoms with E-state index in [-0.39, 0.29) is 5.91 Å². The summed E-state index contributed by atoms with van der Waals surface area (Å²) in [6.07, 6.45) is 1.63. The number of ether oxygens (including phenoxy) is 2. The second-order valence-corrected chi connectivity index (χ2v) is 6.07. The third kappa shape index (κ3) is 3.60. The Kier molecular flexibility index (Phi) is 5.64. The summed E-state index contributed by atoms with van der Waals surface area (Å²) in [6.45, 7) is 9.63. The Morgan fingerprint density at radius 1 is 1.15 bits per heavy atom. The minimum absolute atomic E-state index is 0.205. The molecular weight excluding hydrogens is 342 g/mol. The number of hydrogen-bond donors (Lipinski definition) is 1. The zero-order valence-corrected chi connectivity index (χ0v) is 16.2. The number of pyridine rings is 1. The maximum Gasteiger partial charge on any atom is 0.273 e.